The number of rotatable bonds is 6. The molecule has 1 aliphatic carbocycles. The molecule has 2 amide bonds. The summed E-state index contributed by atoms with van der Waals surface area (Å²) in [5.74, 6) is 0.740. The van der Waals surface area contributed by atoms with E-state index >= 15 is 0 Å². The second-order valence-corrected chi connectivity index (χ2v) is 6.20. The van der Waals surface area contributed by atoms with Crippen molar-refractivity contribution in [1.29, 1.82) is 0 Å². The highest BCUT2D eigenvalue weighted by molar-refractivity contribution is 6.37. The normalized spacial score (nSPS) is 19.5. The Morgan fingerprint density at radius 1 is 1.32 bits per heavy atom. The van der Waals surface area contributed by atoms with E-state index in [9.17, 15) is 9.59 Å². The van der Waals surface area contributed by atoms with E-state index in [0.717, 1.165) is 6.42 Å². The molecule has 0 spiro atoms. The third-order valence-corrected chi connectivity index (χ3v) is 4.15. The lowest BCUT2D eigenvalue weighted by atomic mass is 10.2. The topological polar surface area (TPSA) is 67.4 Å². The number of carbonyl (C=O) groups is 2. The molecule has 1 saturated carbocycles. The van der Waals surface area contributed by atoms with Gasteiger partial charge < -0.3 is 15.4 Å². The van der Waals surface area contributed by atoms with E-state index in [-0.39, 0.29) is 24.2 Å². The molecule has 0 aliphatic heterocycles. The third-order valence-electron chi connectivity index (χ3n) is 3.58. The van der Waals surface area contributed by atoms with Gasteiger partial charge in [-0.2, -0.15) is 0 Å². The predicted octanol–water partition coefficient (Wildman–Crippen LogP) is 3.10. The highest BCUT2D eigenvalue weighted by atomic mass is 35.5. The molecule has 120 valence electrons. The van der Waals surface area contributed by atoms with E-state index in [1.165, 1.54) is 7.11 Å². The number of ether oxygens (including phenoxy) is 1. The molecule has 0 bridgehead atoms. The highest BCUT2D eigenvalue weighted by Crippen LogP contribution is 2.37. The zero-order chi connectivity index (χ0) is 16.3. The number of hydrogen-bond donors (Lipinski definition) is 2. The Kier molecular flexibility index (Phi) is 5.53. The summed E-state index contributed by atoms with van der Waals surface area (Å²) in [6.45, 7) is 2.35. The molecule has 1 fully saturated rings. The Hall–Kier alpha value is -1.46. The number of methoxy groups -OCH3 is 1. The molecule has 0 saturated heterocycles. The number of halogens is 2. The van der Waals surface area contributed by atoms with Crippen LogP contribution >= 0.6 is 23.2 Å². The minimum atomic E-state index is -0.221. The summed E-state index contributed by atoms with van der Waals surface area (Å²) >= 11 is 12.0. The molecule has 0 radical (unpaired) electrons. The summed E-state index contributed by atoms with van der Waals surface area (Å²) in [6.07, 6.45) is 1.12. The molecule has 5 nitrogen and oxygen atoms in total. The second-order valence-electron chi connectivity index (χ2n) is 5.38. The van der Waals surface area contributed by atoms with Gasteiger partial charge in [0.25, 0.3) is 0 Å². The van der Waals surface area contributed by atoms with Crippen LogP contribution in [0.25, 0.3) is 0 Å². The Bertz CT molecular complexity index is 569. The molecule has 2 rings (SSSR count). The Balaban J connectivity index is 1.80. The third kappa shape index (κ3) is 4.27. The van der Waals surface area contributed by atoms with Gasteiger partial charge in [0, 0.05) is 24.6 Å². The SMILES string of the molecule is COc1c(Cl)cc(NC(=O)CCNC(=O)[C@H]2C[C@@H]2C)cc1Cl. The van der Waals surface area contributed by atoms with E-state index in [1.54, 1.807) is 12.1 Å². The van der Waals surface area contributed by atoms with Crippen molar-refractivity contribution in [2.75, 3.05) is 19.0 Å². The van der Waals surface area contributed by atoms with Crippen LogP contribution in [0.3, 0.4) is 0 Å². The van der Waals surface area contributed by atoms with Gasteiger partial charge in [0.2, 0.25) is 11.8 Å². The van der Waals surface area contributed by atoms with E-state index in [0.29, 0.717) is 33.9 Å². The van der Waals surface area contributed by atoms with Crippen LogP contribution in [0.2, 0.25) is 10.0 Å². The summed E-state index contributed by atoms with van der Waals surface area (Å²) < 4.78 is 5.04. The smallest absolute Gasteiger partial charge is 0.226 e. The predicted molar refractivity (Wildman–Crippen MR) is 86.5 cm³/mol. The Labute approximate surface area is 139 Å². The Morgan fingerprint density at radius 3 is 2.41 bits per heavy atom. The standard InChI is InChI=1S/C15H18Cl2N2O3/c1-8-5-10(8)15(21)18-4-3-13(20)19-9-6-11(16)14(22-2)12(17)7-9/h6-8,10H,3-5H2,1-2H3,(H,18,21)(H,19,20)/t8-,10-/m0/s1. The average molecular weight is 345 g/mol. The molecule has 2 N–H and O–H groups in total. The fourth-order valence-electron chi connectivity index (χ4n) is 2.17. The van der Waals surface area contributed by atoms with Gasteiger partial charge in [-0.1, -0.05) is 30.1 Å². The zero-order valence-corrected chi connectivity index (χ0v) is 13.9. The molecule has 0 heterocycles. The van der Waals surface area contributed by atoms with Crippen LogP contribution in [0, 0.1) is 11.8 Å². The molecule has 22 heavy (non-hydrogen) atoms. The average Bonchev–Trinajstić information content (AvgIpc) is 3.15. The van der Waals surface area contributed by atoms with E-state index in [4.69, 9.17) is 27.9 Å². The fourth-order valence-corrected chi connectivity index (χ4v) is 2.81. The summed E-state index contributed by atoms with van der Waals surface area (Å²) in [5, 5.41) is 6.09. The van der Waals surface area contributed by atoms with Crippen molar-refractivity contribution < 1.29 is 14.3 Å². The molecule has 0 unspecified atom stereocenters. The van der Waals surface area contributed by atoms with Crippen LogP contribution in [0.1, 0.15) is 19.8 Å². The van der Waals surface area contributed by atoms with E-state index < -0.39 is 0 Å². The van der Waals surface area contributed by atoms with Crippen LogP contribution in [0.15, 0.2) is 12.1 Å². The van der Waals surface area contributed by atoms with Crippen molar-refractivity contribution in [2.24, 2.45) is 11.8 Å². The summed E-state index contributed by atoms with van der Waals surface area (Å²) in [7, 11) is 1.47. The van der Waals surface area contributed by atoms with E-state index in [1.807, 2.05) is 6.92 Å². The van der Waals surface area contributed by atoms with Crippen molar-refractivity contribution in [3.05, 3.63) is 22.2 Å². The first-order valence-corrected chi connectivity index (χ1v) is 7.78. The summed E-state index contributed by atoms with van der Waals surface area (Å²) in [5.41, 5.74) is 0.489. The Morgan fingerprint density at radius 2 is 1.91 bits per heavy atom. The number of anilines is 1. The van der Waals surface area contributed by atoms with Gasteiger partial charge in [-0.3, -0.25) is 9.59 Å². The maximum absolute atomic E-state index is 11.8. The van der Waals surface area contributed by atoms with Gasteiger partial charge in [0.1, 0.15) is 0 Å². The van der Waals surface area contributed by atoms with Gasteiger partial charge in [-0.05, 0) is 24.5 Å². The zero-order valence-electron chi connectivity index (χ0n) is 12.4. The van der Waals surface area contributed by atoms with Crippen LogP contribution < -0.4 is 15.4 Å². The monoisotopic (exact) mass is 344 g/mol. The molecule has 0 aromatic heterocycles. The molecule has 1 aromatic carbocycles. The quantitative estimate of drug-likeness (QED) is 0.833. The van der Waals surface area contributed by atoms with E-state index in [2.05, 4.69) is 10.6 Å². The number of nitrogens with one attached hydrogen (secondary N) is 2. The van der Waals surface area contributed by atoms with Gasteiger partial charge in [0.05, 0.1) is 17.2 Å². The summed E-state index contributed by atoms with van der Waals surface area (Å²) in [6, 6.07) is 3.13. The highest BCUT2D eigenvalue weighted by Gasteiger charge is 2.38. The van der Waals surface area contributed by atoms with Crippen molar-refractivity contribution in [3.63, 3.8) is 0 Å². The lowest BCUT2D eigenvalue weighted by Crippen LogP contribution is -2.29. The number of amides is 2. The molecule has 1 aromatic rings. The molecular formula is C15H18Cl2N2O3. The van der Waals surface area contributed by atoms with Gasteiger partial charge in [-0.25, -0.2) is 0 Å². The summed E-state index contributed by atoms with van der Waals surface area (Å²) in [4.78, 5) is 23.5. The van der Waals surface area contributed by atoms with Crippen LogP contribution in [0.4, 0.5) is 5.69 Å². The minimum Gasteiger partial charge on any atom is -0.494 e. The molecule has 1 aliphatic rings. The first kappa shape index (κ1) is 16.9. The maximum Gasteiger partial charge on any atom is 0.226 e. The molecule has 7 heteroatoms. The molecular weight excluding hydrogens is 327 g/mol. The van der Waals surface area contributed by atoms with Crippen molar-refractivity contribution in [3.8, 4) is 5.75 Å². The largest absolute Gasteiger partial charge is 0.494 e. The van der Waals surface area contributed by atoms with Crippen molar-refractivity contribution >= 4 is 40.7 Å². The van der Waals surface area contributed by atoms with Crippen LogP contribution in [-0.2, 0) is 9.59 Å². The second kappa shape index (κ2) is 7.20. The first-order chi connectivity index (χ1) is 10.4. The first-order valence-electron chi connectivity index (χ1n) is 7.03. The van der Waals surface area contributed by atoms with Crippen molar-refractivity contribution in [1.82, 2.24) is 5.32 Å². The maximum atomic E-state index is 11.8. The molecule has 2 atom stereocenters. The van der Waals surface area contributed by atoms with Gasteiger partial charge in [-0.15, -0.1) is 0 Å². The fraction of sp³-hybridized carbons (Fsp3) is 0.467. The van der Waals surface area contributed by atoms with Gasteiger partial charge >= 0.3 is 0 Å². The van der Waals surface area contributed by atoms with Crippen molar-refractivity contribution in [2.45, 2.75) is 19.8 Å². The number of hydrogen-bond acceptors (Lipinski definition) is 3. The van der Waals surface area contributed by atoms with Crippen LogP contribution in [0.5, 0.6) is 5.75 Å². The minimum absolute atomic E-state index is 0.0239. The number of benzene rings is 1. The van der Waals surface area contributed by atoms with Gasteiger partial charge in [0.15, 0.2) is 5.75 Å². The number of carbonyl (C=O) groups excluding carboxylic acids is 2. The lowest BCUT2D eigenvalue weighted by Gasteiger charge is -2.10. The van der Waals surface area contributed by atoms with Crippen LogP contribution in [-0.4, -0.2) is 25.5 Å². The lowest BCUT2D eigenvalue weighted by molar-refractivity contribution is -0.122.